The zero-order valence-electron chi connectivity index (χ0n) is 11.2. The number of nitrogens with zero attached hydrogens (tertiary/aromatic N) is 1. The topological polar surface area (TPSA) is 56.7 Å². The van der Waals surface area contributed by atoms with Crippen molar-refractivity contribution in [1.29, 1.82) is 0 Å². The molecule has 3 N–H and O–H groups in total. The van der Waals surface area contributed by atoms with Crippen LogP contribution >= 0.6 is 12.2 Å². The number of allylic oxidation sites excluding steroid dienone is 2. The summed E-state index contributed by atoms with van der Waals surface area (Å²) in [5.41, 5.74) is 4.40. The maximum absolute atomic E-state index is 9.81. The van der Waals surface area contributed by atoms with E-state index < -0.39 is 6.10 Å². The maximum atomic E-state index is 9.81. The average Bonchev–Trinajstić information content (AvgIpc) is 2.39. The molecule has 2 aliphatic rings. The number of thiocarbonyl (C=S) groups is 1. The van der Waals surface area contributed by atoms with Gasteiger partial charge in [0.1, 0.15) is 6.10 Å². The van der Waals surface area contributed by atoms with Gasteiger partial charge in [-0.15, -0.1) is 0 Å². The van der Waals surface area contributed by atoms with Crippen molar-refractivity contribution >= 4 is 23.0 Å². The molecule has 0 aromatic heterocycles. The molecule has 0 amide bonds. The first-order valence-corrected chi connectivity index (χ1v) is 7.25. The Hall–Kier alpha value is -1.20. The molecule has 1 atom stereocenters. The second-order valence-electron chi connectivity index (χ2n) is 5.10. The molecule has 0 heterocycles. The molecule has 1 unspecified atom stereocenters. The molecule has 104 valence electrons. The highest BCUT2D eigenvalue weighted by Crippen LogP contribution is 2.17. The Labute approximate surface area is 119 Å². The highest BCUT2D eigenvalue weighted by atomic mass is 32.1. The standard InChI is InChI=1S/C14H21N3OS/c1-10-6-5-9-12(18)13(10)16-17-14(19)15-11-7-3-2-4-8-11/h5-6,9,11-12,18H,2-4,7-8H2,1H3,(H2,15,17,19). The van der Waals surface area contributed by atoms with Crippen molar-refractivity contribution in [3.8, 4) is 0 Å². The molecule has 1 fully saturated rings. The number of aliphatic hydroxyl groups excluding tert-OH is 1. The van der Waals surface area contributed by atoms with E-state index >= 15 is 0 Å². The van der Waals surface area contributed by atoms with Crippen LogP contribution in [0.25, 0.3) is 0 Å². The third-order valence-corrected chi connectivity index (χ3v) is 3.75. The number of aliphatic hydroxyl groups is 1. The quantitative estimate of drug-likeness (QED) is 0.535. The van der Waals surface area contributed by atoms with Gasteiger partial charge in [-0.05, 0) is 37.6 Å². The van der Waals surface area contributed by atoms with E-state index in [9.17, 15) is 5.11 Å². The molecule has 0 aliphatic heterocycles. The minimum Gasteiger partial charge on any atom is -0.383 e. The predicted octanol–water partition coefficient (Wildman–Crippen LogP) is 2.02. The fourth-order valence-electron chi connectivity index (χ4n) is 2.44. The molecule has 19 heavy (non-hydrogen) atoms. The monoisotopic (exact) mass is 279 g/mol. The van der Waals surface area contributed by atoms with Crippen LogP contribution in [0.2, 0.25) is 0 Å². The zero-order valence-corrected chi connectivity index (χ0v) is 12.0. The SMILES string of the molecule is CC1=CC=CC(O)C1=NNC(=S)NC1CCCCC1. The van der Waals surface area contributed by atoms with E-state index in [4.69, 9.17) is 12.2 Å². The van der Waals surface area contributed by atoms with Crippen molar-refractivity contribution < 1.29 is 5.11 Å². The number of nitrogens with one attached hydrogen (secondary N) is 2. The third kappa shape index (κ3) is 4.14. The van der Waals surface area contributed by atoms with Gasteiger partial charge in [-0.2, -0.15) is 5.10 Å². The first-order valence-electron chi connectivity index (χ1n) is 6.84. The summed E-state index contributed by atoms with van der Waals surface area (Å²) in [7, 11) is 0. The van der Waals surface area contributed by atoms with Crippen LogP contribution in [0.5, 0.6) is 0 Å². The molecule has 1 saturated carbocycles. The lowest BCUT2D eigenvalue weighted by Gasteiger charge is -2.24. The lowest BCUT2D eigenvalue weighted by atomic mass is 9.96. The summed E-state index contributed by atoms with van der Waals surface area (Å²) in [5, 5.41) is 17.8. The van der Waals surface area contributed by atoms with Gasteiger partial charge in [-0.1, -0.05) is 37.5 Å². The molecule has 0 saturated heterocycles. The van der Waals surface area contributed by atoms with E-state index in [1.54, 1.807) is 6.08 Å². The highest BCUT2D eigenvalue weighted by Gasteiger charge is 2.16. The smallest absolute Gasteiger partial charge is 0.187 e. The molecule has 5 heteroatoms. The Balaban J connectivity index is 1.85. The van der Waals surface area contributed by atoms with Crippen molar-refractivity contribution in [2.24, 2.45) is 5.10 Å². The number of rotatable bonds is 2. The summed E-state index contributed by atoms with van der Waals surface area (Å²) in [6, 6.07) is 0.460. The van der Waals surface area contributed by atoms with E-state index in [1.165, 1.54) is 32.1 Å². The molecule has 2 aliphatic carbocycles. The molecule has 0 aromatic rings. The van der Waals surface area contributed by atoms with Gasteiger partial charge in [-0.25, -0.2) is 0 Å². The summed E-state index contributed by atoms with van der Waals surface area (Å²) in [4.78, 5) is 0. The maximum Gasteiger partial charge on any atom is 0.187 e. The number of hydrazone groups is 1. The van der Waals surface area contributed by atoms with Crippen LogP contribution in [0.15, 0.2) is 28.9 Å². The van der Waals surface area contributed by atoms with Crippen molar-refractivity contribution in [3.63, 3.8) is 0 Å². The average molecular weight is 279 g/mol. The van der Waals surface area contributed by atoms with Gasteiger partial charge in [0.15, 0.2) is 5.11 Å². The molecule has 0 bridgehead atoms. The Kier molecular flexibility index (Phi) is 5.10. The zero-order chi connectivity index (χ0) is 13.7. The van der Waals surface area contributed by atoms with Crippen LogP contribution in [0.1, 0.15) is 39.0 Å². The highest BCUT2D eigenvalue weighted by molar-refractivity contribution is 7.80. The molecule has 2 rings (SSSR count). The van der Waals surface area contributed by atoms with Gasteiger partial charge in [0, 0.05) is 6.04 Å². The number of hydrogen-bond acceptors (Lipinski definition) is 3. The summed E-state index contributed by atoms with van der Waals surface area (Å²) < 4.78 is 0. The molecule has 4 nitrogen and oxygen atoms in total. The largest absolute Gasteiger partial charge is 0.383 e. The van der Waals surface area contributed by atoms with Gasteiger partial charge < -0.3 is 10.4 Å². The van der Waals surface area contributed by atoms with Crippen LogP contribution in [0.4, 0.5) is 0 Å². The molecular formula is C14H21N3OS. The Morgan fingerprint density at radius 1 is 1.37 bits per heavy atom. The van der Waals surface area contributed by atoms with Crippen molar-refractivity contribution in [2.45, 2.75) is 51.2 Å². The molecule has 0 radical (unpaired) electrons. The summed E-state index contributed by atoms with van der Waals surface area (Å²) in [5.74, 6) is 0. The van der Waals surface area contributed by atoms with E-state index in [0.29, 0.717) is 16.9 Å². The second kappa shape index (κ2) is 6.82. The third-order valence-electron chi connectivity index (χ3n) is 3.54. The van der Waals surface area contributed by atoms with Crippen LogP contribution in [-0.2, 0) is 0 Å². The van der Waals surface area contributed by atoms with E-state index in [2.05, 4.69) is 15.8 Å². The normalized spacial score (nSPS) is 26.1. The lowest BCUT2D eigenvalue weighted by Crippen LogP contribution is -2.41. The molecule has 0 aromatic carbocycles. The number of hydrogen-bond donors (Lipinski definition) is 3. The summed E-state index contributed by atoms with van der Waals surface area (Å²) in [6.45, 7) is 1.92. The van der Waals surface area contributed by atoms with Gasteiger partial charge in [-0.3, -0.25) is 5.43 Å². The summed E-state index contributed by atoms with van der Waals surface area (Å²) >= 11 is 5.23. The minimum atomic E-state index is -0.657. The first kappa shape index (κ1) is 14.2. The van der Waals surface area contributed by atoms with Gasteiger partial charge in [0.2, 0.25) is 0 Å². The molecular weight excluding hydrogens is 258 g/mol. The van der Waals surface area contributed by atoms with Gasteiger partial charge >= 0.3 is 0 Å². The van der Waals surface area contributed by atoms with Crippen LogP contribution in [0, 0.1) is 0 Å². The van der Waals surface area contributed by atoms with Gasteiger partial charge in [0.25, 0.3) is 0 Å². The fraction of sp³-hybridized carbons (Fsp3) is 0.571. The Morgan fingerprint density at radius 3 is 2.79 bits per heavy atom. The summed E-state index contributed by atoms with van der Waals surface area (Å²) in [6.07, 6.45) is 11.0. The Bertz CT molecular complexity index is 422. The van der Waals surface area contributed by atoms with Crippen LogP contribution < -0.4 is 10.7 Å². The minimum absolute atomic E-state index is 0.460. The van der Waals surface area contributed by atoms with Crippen molar-refractivity contribution in [1.82, 2.24) is 10.7 Å². The lowest BCUT2D eigenvalue weighted by molar-refractivity contribution is 0.288. The van der Waals surface area contributed by atoms with E-state index in [-0.39, 0.29) is 0 Å². The van der Waals surface area contributed by atoms with Crippen molar-refractivity contribution in [2.75, 3.05) is 0 Å². The van der Waals surface area contributed by atoms with Crippen LogP contribution in [0.3, 0.4) is 0 Å². The van der Waals surface area contributed by atoms with Crippen molar-refractivity contribution in [3.05, 3.63) is 23.8 Å². The first-order chi connectivity index (χ1) is 9.16. The van der Waals surface area contributed by atoms with E-state index in [1.807, 2.05) is 19.1 Å². The fourth-order valence-corrected chi connectivity index (χ4v) is 2.66. The Morgan fingerprint density at radius 2 is 2.11 bits per heavy atom. The van der Waals surface area contributed by atoms with Gasteiger partial charge in [0.05, 0.1) is 5.71 Å². The predicted molar refractivity (Wildman–Crippen MR) is 82.1 cm³/mol. The molecule has 0 spiro atoms. The second-order valence-corrected chi connectivity index (χ2v) is 5.50. The van der Waals surface area contributed by atoms with E-state index in [0.717, 1.165) is 5.57 Å². The van der Waals surface area contributed by atoms with Crippen LogP contribution in [-0.4, -0.2) is 28.1 Å².